The van der Waals surface area contributed by atoms with Gasteiger partial charge in [-0.05, 0) is 23.8 Å². The third kappa shape index (κ3) is 2.30. The minimum Gasteiger partial charge on any atom is -0.497 e. The van der Waals surface area contributed by atoms with Gasteiger partial charge in [0.15, 0.2) is 5.78 Å². The van der Waals surface area contributed by atoms with Crippen molar-refractivity contribution in [3.63, 3.8) is 0 Å². The van der Waals surface area contributed by atoms with E-state index in [1.54, 1.807) is 27.4 Å². The quantitative estimate of drug-likeness (QED) is 0.867. The van der Waals surface area contributed by atoms with E-state index in [4.69, 9.17) is 14.2 Å². The molecule has 2 aromatic rings. The summed E-state index contributed by atoms with van der Waals surface area (Å²) in [6.07, 6.45) is 0.450. The Bertz CT molecular complexity index is 704. The summed E-state index contributed by atoms with van der Waals surface area (Å²) in [5, 5.41) is 0. The third-order valence-electron chi connectivity index (χ3n) is 4.13. The van der Waals surface area contributed by atoms with Crippen LogP contribution in [0.25, 0.3) is 0 Å². The summed E-state index contributed by atoms with van der Waals surface area (Å²) in [4.78, 5) is 12.4. The molecule has 22 heavy (non-hydrogen) atoms. The molecule has 0 bridgehead atoms. The first-order valence-electron chi connectivity index (χ1n) is 7.11. The molecule has 0 radical (unpaired) electrons. The van der Waals surface area contributed by atoms with Gasteiger partial charge in [0.2, 0.25) is 0 Å². The lowest BCUT2D eigenvalue weighted by Gasteiger charge is -2.16. The molecule has 0 fully saturated rings. The second-order valence-electron chi connectivity index (χ2n) is 5.24. The molecule has 114 valence electrons. The second-order valence-corrected chi connectivity index (χ2v) is 5.24. The van der Waals surface area contributed by atoms with Crippen LogP contribution in [0.5, 0.6) is 17.2 Å². The Morgan fingerprint density at radius 1 is 0.909 bits per heavy atom. The van der Waals surface area contributed by atoms with Crippen LogP contribution in [0.2, 0.25) is 0 Å². The average molecular weight is 298 g/mol. The largest absolute Gasteiger partial charge is 0.497 e. The van der Waals surface area contributed by atoms with E-state index in [9.17, 15) is 4.79 Å². The lowest BCUT2D eigenvalue weighted by atomic mass is 9.92. The molecule has 0 aliphatic heterocycles. The van der Waals surface area contributed by atoms with Crippen molar-refractivity contribution in [3.05, 3.63) is 53.1 Å². The number of hydrogen-bond donors (Lipinski definition) is 0. The van der Waals surface area contributed by atoms with Gasteiger partial charge in [-0.15, -0.1) is 0 Å². The molecule has 0 N–H and O–H groups in total. The number of carbonyl (C=O) groups is 1. The highest BCUT2D eigenvalue weighted by Crippen LogP contribution is 2.45. The summed E-state index contributed by atoms with van der Waals surface area (Å²) in [5.74, 6) is 2.26. The minimum absolute atomic E-state index is 0.00858. The molecule has 0 heterocycles. The summed E-state index contributed by atoms with van der Waals surface area (Å²) in [6, 6.07) is 11.4. The molecule has 1 atom stereocenters. The topological polar surface area (TPSA) is 44.8 Å². The van der Waals surface area contributed by atoms with Gasteiger partial charge in [0, 0.05) is 29.5 Å². The van der Waals surface area contributed by atoms with Crippen LogP contribution in [0.3, 0.4) is 0 Å². The van der Waals surface area contributed by atoms with Gasteiger partial charge in [0.25, 0.3) is 0 Å². The van der Waals surface area contributed by atoms with Crippen LogP contribution in [0, 0.1) is 0 Å². The van der Waals surface area contributed by atoms with Gasteiger partial charge in [-0.2, -0.15) is 0 Å². The monoisotopic (exact) mass is 298 g/mol. The molecule has 3 rings (SSSR count). The molecule has 1 aliphatic carbocycles. The van der Waals surface area contributed by atoms with E-state index in [0.717, 1.165) is 16.9 Å². The van der Waals surface area contributed by atoms with Crippen LogP contribution < -0.4 is 14.2 Å². The van der Waals surface area contributed by atoms with Gasteiger partial charge >= 0.3 is 0 Å². The van der Waals surface area contributed by atoms with Crippen molar-refractivity contribution in [1.82, 2.24) is 0 Å². The molecular formula is C18H18O4. The summed E-state index contributed by atoms with van der Waals surface area (Å²) in [5.41, 5.74) is 2.71. The molecule has 1 unspecified atom stereocenters. The van der Waals surface area contributed by atoms with E-state index >= 15 is 0 Å². The van der Waals surface area contributed by atoms with Crippen LogP contribution in [0.1, 0.15) is 33.8 Å². The molecule has 1 aliphatic rings. The van der Waals surface area contributed by atoms with E-state index < -0.39 is 0 Å². The Hall–Kier alpha value is -2.49. The summed E-state index contributed by atoms with van der Waals surface area (Å²) >= 11 is 0. The Morgan fingerprint density at radius 2 is 1.59 bits per heavy atom. The molecular weight excluding hydrogens is 280 g/mol. The predicted molar refractivity (Wildman–Crippen MR) is 83.3 cm³/mol. The van der Waals surface area contributed by atoms with Crippen molar-refractivity contribution in [2.45, 2.75) is 12.3 Å². The Labute approximate surface area is 129 Å². The van der Waals surface area contributed by atoms with Crippen LogP contribution >= 0.6 is 0 Å². The van der Waals surface area contributed by atoms with Crippen molar-refractivity contribution in [1.29, 1.82) is 0 Å². The Kier molecular flexibility index (Phi) is 3.75. The molecule has 0 aromatic heterocycles. The third-order valence-corrected chi connectivity index (χ3v) is 4.13. The number of carbonyl (C=O) groups excluding carboxylic acids is 1. The maximum Gasteiger partial charge on any atom is 0.164 e. The smallest absolute Gasteiger partial charge is 0.164 e. The van der Waals surface area contributed by atoms with Crippen molar-refractivity contribution in [3.8, 4) is 17.2 Å². The normalized spacial score (nSPS) is 16.3. The number of benzene rings is 2. The van der Waals surface area contributed by atoms with E-state index in [0.29, 0.717) is 23.5 Å². The standard InChI is InChI=1S/C18H18O4/c1-20-12-6-4-11(5-7-12)14-10-16(19)15-8-13(21-2)9-17(22-3)18(14)15/h4-9,14H,10H2,1-3H3. The van der Waals surface area contributed by atoms with Gasteiger partial charge in [-0.1, -0.05) is 12.1 Å². The van der Waals surface area contributed by atoms with Crippen molar-refractivity contribution < 1.29 is 19.0 Å². The lowest BCUT2D eigenvalue weighted by molar-refractivity contribution is 0.0991. The Balaban J connectivity index is 2.09. The van der Waals surface area contributed by atoms with Gasteiger partial charge in [-0.3, -0.25) is 4.79 Å². The number of Topliss-reactive ketones (excluding diaryl/α,β-unsaturated/α-hetero) is 1. The van der Waals surface area contributed by atoms with Gasteiger partial charge < -0.3 is 14.2 Å². The highest BCUT2D eigenvalue weighted by Gasteiger charge is 2.34. The molecule has 0 spiro atoms. The average Bonchev–Trinajstić information content (AvgIpc) is 2.91. The Morgan fingerprint density at radius 3 is 2.18 bits per heavy atom. The van der Waals surface area contributed by atoms with Crippen molar-refractivity contribution in [2.24, 2.45) is 0 Å². The van der Waals surface area contributed by atoms with E-state index in [1.807, 2.05) is 30.3 Å². The van der Waals surface area contributed by atoms with Crippen molar-refractivity contribution in [2.75, 3.05) is 21.3 Å². The van der Waals surface area contributed by atoms with Crippen LogP contribution in [0.4, 0.5) is 0 Å². The first kappa shape index (κ1) is 14.4. The fraction of sp³-hybridized carbons (Fsp3) is 0.278. The zero-order valence-electron chi connectivity index (χ0n) is 12.9. The minimum atomic E-state index is 0.00858. The molecule has 0 saturated carbocycles. The number of fused-ring (bicyclic) bond motifs is 1. The van der Waals surface area contributed by atoms with E-state index in [1.165, 1.54) is 0 Å². The van der Waals surface area contributed by atoms with E-state index in [-0.39, 0.29) is 11.7 Å². The predicted octanol–water partition coefficient (Wildman–Crippen LogP) is 3.43. The lowest BCUT2D eigenvalue weighted by Crippen LogP contribution is -2.00. The number of rotatable bonds is 4. The summed E-state index contributed by atoms with van der Waals surface area (Å²) in [7, 11) is 4.84. The molecule has 4 nitrogen and oxygen atoms in total. The molecule has 0 amide bonds. The second kappa shape index (κ2) is 5.72. The molecule has 2 aromatic carbocycles. The summed E-state index contributed by atoms with van der Waals surface area (Å²) in [6.45, 7) is 0. The summed E-state index contributed by atoms with van der Waals surface area (Å²) < 4.78 is 15.9. The van der Waals surface area contributed by atoms with Gasteiger partial charge in [-0.25, -0.2) is 0 Å². The van der Waals surface area contributed by atoms with Crippen LogP contribution in [-0.4, -0.2) is 27.1 Å². The number of ether oxygens (including phenoxy) is 3. The van der Waals surface area contributed by atoms with Gasteiger partial charge in [0.05, 0.1) is 21.3 Å². The highest BCUT2D eigenvalue weighted by molar-refractivity contribution is 6.03. The molecule has 0 saturated heterocycles. The maximum absolute atomic E-state index is 12.4. The first-order chi connectivity index (χ1) is 10.7. The molecule has 4 heteroatoms. The fourth-order valence-corrected chi connectivity index (χ4v) is 3.00. The van der Waals surface area contributed by atoms with Crippen LogP contribution in [0.15, 0.2) is 36.4 Å². The number of hydrogen-bond acceptors (Lipinski definition) is 4. The van der Waals surface area contributed by atoms with Crippen molar-refractivity contribution >= 4 is 5.78 Å². The maximum atomic E-state index is 12.4. The van der Waals surface area contributed by atoms with Gasteiger partial charge in [0.1, 0.15) is 17.2 Å². The van der Waals surface area contributed by atoms with E-state index in [2.05, 4.69) is 0 Å². The number of ketones is 1. The highest BCUT2D eigenvalue weighted by atomic mass is 16.5. The zero-order valence-corrected chi connectivity index (χ0v) is 12.9. The van der Waals surface area contributed by atoms with Crippen LogP contribution in [-0.2, 0) is 0 Å². The fourth-order valence-electron chi connectivity index (χ4n) is 3.00. The SMILES string of the molecule is COc1ccc(C2CC(=O)c3cc(OC)cc(OC)c32)cc1. The first-order valence-corrected chi connectivity index (χ1v) is 7.11. The zero-order chi connectivity index (χ0) is 15.7. The number of methoxy groups -OCH3 is 3.